The summed E-state index contributed by atoms with van der Waals surface area (Å²) < 4.78 is 0. The van der Waals surface area contributed by atoms with Crippen LogP contribution in [0, 0.1) is 35.5 Å². The van der Waals surface area contributed by atoms with Crippen LogP contribution in [0.3, 0.4) is 0 Å². The van der Waals surface area contributed by atoms with Crippen LogP contribution in [0.4, 0.5) is 0 Å². The lowest BCUT2D eigenvalue weighted by Crippen LogP contribution is -2.17. The van der Waals surface area contributed by atoms with E-state index in [-0.39, 0.29) is 0 Å². The van der Waals surface area contributed by atoms with Crippen LogP contribution in [-0.2, 0) is 6.42 Å². The van der Waals surface area contributed by atoms with Gasteiger partial charge in [0.1, 0.15) is 0 Å². The predicted molar refractivity (Wildman–Crippen MR) is 150 cm³/mol. The van der Waals surface area contributed by atoms with Crippen LogP contribution >= 0.6 is 0 Å². The van der Waals surface area contributed by atoms with E-state index in [1.807, 2.05) is 0 Å². The first-order chi connectivity index (χ1) is 16.8. The maximum atomic E-state index is 3.32. The number of rotatable bonds is 12. The summed E-state index contributed by atoms with van der Waals surface area (Å²) in [6, 6.07) is 8.88. The summed E-state index contributed by atoms with van der Waals surface area (Å²) >= 11 is 0. The first-order valence-corrected chi connectivity index (χ1v) is 15.0. The van der Waals surface area contributed by atoms with E-state index in [4.69, 9.17) is 0 Å². The maximum absolute atomic E-state index is 3.32. The van der Waals surface area contributed by atoms with Crippen LogP contribution in [0.15, 0.2) is 36.4 Å². The average molecular weight is 461 g/mol. The minimum Gasteiger partial charge on any atom is -0.0730 e. The molecule has 2 fully saturated rings. The summed E-state index contributed by atoms with van der Waals surface area (Å²) in [7, 11) is 0. The molecule has 0 bridgehead atoms. The minimum absolute atomic E-state index is 0.755. The van der Waals surface area contributed by atoms with Crippen molar-refractivity contribution in [3.63, 3.8) is 0 Å². The molecular weight excluding hydrogens is 408 g/mol. The molecule has 2 aliphatic carbocycles. The Labute approximate surface area is 212 Å². The predicted octanol–water partition coefficient (Wildman–Crippen LogP) is 10.3. The zero-order valence-corrected chi connectivity index (χ0v) is 22.5. The summed E-state index contributed by atoms with van der Waals surface area (Å²) in [5, 5.41) is 0. The Morgan fingerprint density at radius 1 is 0.676 bits per heavy atom. The highest BCUT2D eigenvalue weighted by Gasteiger charge is 2.24. The topological polar surface area (TPSA) is 0 Å². The standard InChI is InChI=1S/C34H52/c1-3-5-7-11-29-15-17-31(18-16-29)13-9-10-14-32-21-25-34(26-22-32)28-27-33-23-19-30(20-24-33)12-8-6-4-2/h10,14-18,30,32-34H,3-8,11-12,19-28H2,1-2H3/b14-10+. The lowest BCUT2D eigenvalue weighted by atomic mass is 9.75. The first kappa shape index (κ1) is 27.1. The van der Waals surface area contributed by atoms with Crippen LogP contribution in [0.2, 0.25) is 0 Å². The molecule has 0 amide bonds. The van der Waals surface area contributed by atoms with Gasteiger partial charge >= 0.3 is 0 Å². The Morgan fingerprint density at radius 3 is 1.85 bits per heavy atom. The number of unbranched alkanes of at least 4 members (excludes halogenated alkanes) is 4. The third-order valence-corrected chi connectivity index (χ3v) is 8.75. The number of hydrogen-bond donors (Lipinski definition) is 0. The lowest BCUT2D eigenvalue weighted by Gasteiger charge is -2.31. The minimum atomic E-state index is 0.755. The lowest BCUT2D eigenvalue weighted by molar-refractivity contribution is 0.219. The number of aryl methyl sites for hydroxylation is 1. The normalized spacial score (nSPS) is 25.2. The molecule has 0 heterocycles. The first-order valence-electron chi connectivity index (χ1n) is 15.0. The molecule has 2 aliphatic rings. The molecule has 0 aromatic heterocycles. The smallest absolute Gasteiger partial charge is 0.0249 e. The molecule has 0 nitrogen and oxygen atoms in total. The molecule has 0 aliphatic heterocycles. The van der Waals surface area contributed by atoms with E-state index in [0.717, 1.165) is 29.2 Å². The summed E-state index contributed by atoms with van der Waals surface area (Å²) in [6.07, 6.45) is 30.1. The average Bonchev–Trinajstić information content (AvgIpc) is 2.88. The van der Waals surface area contributed by atoms with Crippen molar-refractivity contribution in [3.8, 4) is 11.8 Å². The van der Waals surface area contributed by atoms with Gasteiger partial charge in [0.2, 0.25) is 0 Å². The Hall–Kier alpha value is -1.48. The number of hydrogen-bond acceptors (Lipinski definition) is 0. The van der Waals surface area contributed by atoms with Crippen molar-refractivity contribution in [3.05, 3.63) is 47.5 Å². The van der Waals surface area contributed by atoms with Gasteiger partial charge in [0, 0.05) is 5.56 Å². The van der Waals surface area contributed by atoms with E-state index in [1.54, 1.807) is 0 Å². The highest BCUT2D eigenvalue weighted by Crippen LogP contribution is 2.38. The largest absolute Gasteiger partial charge is 0.0730 e. The van der Waals surface area contributed by atoms with E-state index in [9.17, 15) is 0 Å². The van der Waals surface area contributed by atoms with Crippen molar-refractivity contribution in [1.82, 2.24) is 0 Å². The Kier molecular flexibility index (Phi) is 13.0. The Balaban J connectivity index is 1.27. The highest BCUT2D eigenvalue weighted by atomic mass is 14.3. The van der Waals surface area contributed by atoms with E-state index in [0.29, 0.717) is 0 Å². The van der Waals surface area contributed by atoms with E-state index in [2.05, 4.69) is 62.1 Å². The highest BCUT2D eigenvalue weighted by molar-refractivity contribution is 5.38. The van der Waals surface area contributed by atoms with E-state index in [1.165, 1.54) is 121 Å². The van der Waals surface area contributed by atoms with Gasteiger partial charge in [-0.15, -0.1) is 0 Å². The quantitative estimate of drug-likeness (QED) is 0.215. The molecule has 1 aromatic carbocycles. The van der Waals surface area contributed by atoms with Gasteiger partial charge in [0.05, 0.1) is 0 Å². The van der Waals surface area contributed by atoms with Crippen molar-refractivity contribution in [2.75, 3.05) is 0 Å². The van der Waals surface area contributed by atoms with Crippen molar-refractivity contribution >= 4 is 0 Å². The van der Waals surface area contributed by atoms with Crippen molar-refractivity contribution < 1.29 is 0 Å². The second-order valence-corrected chi connectivity index (χ2v) is 11.5. The van der Waals surface area contributed by atoms with Crippen LogP contribution in [0.5, 0.6) is 0 Å². The number of benzene rings is 1. The zero-order chi connectivity index (χ0) is 23.8. The molecule has 0 unspecified atom stereocenters. The SMILES string of the molecule is CCCCCc1ccc(C#C/C=C/C2CCC(CCC3CCC(CCCCC)CC3)CC2)cc1. The molecule has 0 atom stereocenters. The van der Waals surface area contributed by atoms with Gasteiger partial charge in [0.15, 0.2) is 0 Å². The molecule has 2 saturated carbocycles. The molecule has 0 heteroatoms. The second-order valence-electron chi connectivity index (χ2n) is 11.5. The molecular formula is C34H52. The van der Waals surface area contributed by atoms with Gasteiger partial charge in [-0.05, 0) is 86.0 Å². The third-order valence-electron chi connectivity index (χ3n) is 8.75. The fourth-order valence-electron chi connectivity index (χ4n) is 6.28. The molecule has 1 aromatic rings. The fraction of sp³-hybridized carbons (Fsp3) is 0.706. The fourth-order valence-corrected chi connectivity index (χ4v) is 6.28. The Bertz CT molecular complexity index is 726. The van der Waals surface area contributed by atoms with Gasteiger partial charge in [-0.3, -0.25) is 0 Å². The molecule has 0 radical (unpaired) electrons. The van der Waals surface area contributed by atoms with Crippen molar-refractivity contribution in [2.45, 2.75) is 129 Å². The molecule has 34 heavy (non-hydrogen) atoms. The van der Waals surface area contributed by atoms with Gasteiger partial charge in [-0.2, -0.15) is 0 Å². The summed E-state index contributed by atoms with van der Waals surface area (Å²) in [6.45, 7) is 4.59. The molecule has 3 rings (SSSR count). The van der Waals surface area contributed by atoms with Crippen LogP contribution in [0.25, 0.3) is 0 Å². The third kappa shape index (κ3) is 10.4. The molecule has 0 saturated heterocycles. The monoisotopic (exact) mass is 460 g/mol. The summed E-state index contributed by atoms with van der Waals surface area (Å²) in [5.74, 6) is 10.5. The number of allylic oxidation sites excluding steroid dienone is 2. The van der Waals surface area contributed by atoms with Gasteiger partial charge in [-0.1, -0.05) is 121 Å². The molecule has 0 spiro atoms. The van der Waals surface area contributed by atoms with Gasteiger partial charge in [-0.25, -0.2) is 0 Å². The van der Waals surface area contributed by atoms with Crippen LogP contribution < -0.4 is 0 Å². The van der Waals surface area contributed by atoms with Crippen molar-refractivity contribution in [1.29, 1.82) is 0 Å². The summed E-state index contributed by atoms with van der Waals surface area (Å²) in [5.41, 5.74) is 2.59. The van der Waals surface area contributed by atoms with E-state index < -0.39 is 0 Å². The Morgan fingerprint density at radius 2 is 1.24 bits per heavy atom. The summed E-state index contributed by atoms with van der Waals surface area (Å²) in [4.78, 5) is 0. The van der Waals surface area contributed by atoms with Gasteiger partial charge < -0.3 is 0 Å². The van der Waals surface area contributed by atoms with Crippen molar-refractivity contribution in [2.24, 2.45) is 23.7 Å². The second kappa shape index (κ2) is 16.2. The zero-order valence-electron chi connectivity index (χ0n) is 22.5. The van der Waals surface area contributed by atoms with E-state index >= 15 is 0 Å². The molecule has 0 N–H and O–H groups in total. The molecule has 188 valence electrons. The van der Waals surface area contributed by atoms with Crippen LogP contribution in [-0.4, -0.2) is 0 Å². The maximum Gasteiger partial charge on any atom is 0.0249 e. The van der Waals surface area contributed by atoms with Crippen LogP contribution in [0.1, 0.15) is 134 Å². The van der Waals surface area contributed by atoms with Gasteiger partial charge in [0.25, 0.3) is 0 Å².